The highest BCUT2D eigenvalue weighted by atomic mass is 79.9. The van der Waals surface area contributed by atoms with Gasteiger partial charge in [-0.25, -0.2) is 0 Å². The summed E-state index contributed by atoms with van der Waals surface area (Å²) >= 11 is 3.73. The van der Waals surface area contributed by atoms with Crippen molar-refractivity contribution >= 4 is 26.7 Å². The SMILES string of the molecule is CCCC[C@@H]1OC(C)(C)O[C@H](C[S@@](=O)c2ccc(C)cc2)[C@H]1Br. The summed E-state index contributed by atoms with van der Waals surface area (Å²) in [4.78, 5) is 0.921. The normalized spacial score (nSPS) is 28.5. The predicted molar refractivity (Wildman–Crippen MR) is 98.5 cm³/mol. The fourth-order valence-electron chi connectivity index (χ4n) is 2.81. The molecule has 0 amide bonds. The number of halogens is 1. The molecule has 1 aromatic carbocycles. The number of hydrogen-bond acceptors (Lipinski definition) is 3. The highest BCUT2D eigenvalue weighted by Gasteiger charge is 2.42. The largest absolute Gasteiger partial charge is 0.346 e. The number of aryl methyl sites for hydroxylation is 1. The molecule has 2 rings (SSSR count). The first-order valence-electron chi connectivity index (χ1n) is 8.27. The first kappa shape index (κ1) is 19.1. The molecule has 0 bridgehead atoms. The summed E-state index contributed by atoms with van der Waals surface area (Å²) < 4.78 is 24.8. The number of ether oxygens (including phenoxy) is 2. The highest BCUT2D eigenvalue weighted by Crippen LogP contribution is 2.34. The Morgan fingerprint density at radius 3 is 2.39 bits per heavy atom. The minimum Gasteiger partial charge on any atom is -0.346 e. The minimum absolute atomic E-state index is 0.0662. The van der Waals surface area contributed by atoms with E-state index in [0.29, 0.717) is 5.75 Å². The first-order chi connectivity index (χ1) is 10.8. The van der Waals surface area contributed by atoms with Gasteiger partial charge in [0.05, 0.1) is 33.6 Å². The fourth-order valence-corrected chi connectivity index (χ4v) is 4.93. The molecule has 1 heterocycles. The molecule has 0 radical (unpaired) electrons. The number of alkyl halides is 1. The van der Waals surface area contributed by atoms with Crippen LogP contribution in [0.5, 0.6) is 0 Å². The van der Waals surface area contributed by atoms with E-state index in [1.54, 1.807) is 0 Å². The second-order valence-corrected chi connectivity index (χ2v) is 9.18. The molecular formula is C18H27BrO3S. The van der Waals surface area contributed by atoms with E-state index in [4.69, 9.17) is 9.47 Å². The summed E-state index contributed by atoms with van der Waals surface area (Å²) in [7, 11) is -1.07. The molecule has 3 nitrogen and oxygen atoms in total. The Labute approximate surface area is 150 Å². The number of benzene rings is 1. The smallest absolute Gasteiger partial charge is 0.163 e. The standard InChI is InChI=1S/C18H27BrO3S/c1-5-6-7-15-17(19)16(22-18(3,4)21-15)12-23(20)14-10-8-13(2)9-11-14/h8-11,15-17H,5-7,12H2,1-4H3/t15-,16+,17-,23+/m0/s1. The van der Waals surface area contributed by atoms with Crippen LogP contribution in [0, 0.1) is 6.92 Å². The van der Waals surface area contributed by atoms with Crippen LogP contribution in [-0.2, 0) is 20.3 Å². The van der Waals surface area contributed by atoms with Crippen LogP contribution in [0.15, 0.2) is 29.2 Å². The zero-order valence-electron chi connectivity index (χ0n) is 14.4. The van der Waals surface area contributed by atoms with Crippen molar-refractivity contribution in [3.8, 4) is 0 Å². The van der Waals surface area contributed by atoms with Crippen molar-refractivity contribution in [1.82, 2.24) is 0 Å². The van der Waals surface area contributed by atoms with Crippen molar-refractivity contribution < 1.29 is 13.7 Å². The van der Waals surface area contributed by atoms with Gasteiger partial charge in [-0.2, -0.15) is 0 Å². The lowest BCUT2D eigenvalue weighted by molar-refractivity contribution is -0.291. The highest BCUT2D eigenvalue weighted by molar-refractivity contribution is 9.09. The van der Waals surface area contributed by atoms with E-state index in [1.807, 2.05) is 45.0 Å². The molecule has 1 aliphatic rings. The second kappa shape index (κ2) is 8.24. The van der Waals surface area contributed by atoms with Crippen molar-refractivity contribution in [3.63, 3.8) is 0 Å². The molecule has 0 unspecified atom stereocenters. The van der Waals surface area contributed by atoms with Crippen LogP contribution in [0.2, 0.25) is 0 Å². The zero-order chi connectivity index (χ0) is 17.0. The summed E-state index contributed by atoms with van der Waals surface area (Å²) in [6, 6.07) is 7.87. The average molecular weight is 403 g/mol. The monoisotopic (exact) mass is 402 g/mol. The van der Waals surface area contributed by atoms with Crippen molar-refractivity contribution in [2.24, 2.45) is 0 Å². The maximum absolute atomic E-state index is 12.7. The average Bonchev–Trinajstić information content (AvgIpc) is 2.49. The van der Waals surface area contributed by atoms with E-state index < -0.39 is 16.6 Å². The van der Waals surface area contributed by atoms with Gasteiger partial charge >= 0.3 is 0 Å². The Hall–Kier alpha value is -0.230. The van der Waals surface area contributed by atoms with Crippen LogP contribution >= 0.6 is 15.9 Å². The lowest BCUT2D eigenvalue weighted by Gasteiger charge is -2.44. The third kappa shape index (κ3) is 5.38. The summed E-state index contributed by atoms with van der Waals surface area (Å²) in [5.41, 5.74) is 1.17. The van der Waals surface area contributed by atoms with E-state index in [1.165, 1.54) is 5.56 Å². The third-order valence-corrected chi connectivity index (χ3v) is 6.63. The Morgan fingerprint density at radius 2 is 1.78 bits per heavy atom. The topological polar surface area (TPSA) is 35.5 Å². The molecular weight excluding hydrogens is 376 g/mol. The van der Waals surface area contributed by atoms with Crippen LogP contribution in [0.1, 0.15) is 45.6 Å². The predicted octanol–water partition coefficient (Wildman–Crippen LogP) is 4.58. The van der Waals surface area contributed by atoms with Gasteiger partial charge < -0.3 is 9.47 Å². The van der Waals surface area contributed by atoms with Gasteiger partial charge in [0.1, 0.15) is 0 Å². The van der Waals surface area contributed by atoms with E-state index in [0.717, 1.165) is 24.2 Å². The van der Waals surface area contributed by atoms with E-state index in [2.05, 4.69) is 22.9 Å². The Bertz CT molecular complexity index is 530. The minimum atomic E-state index is -1.07. The zero-order valence-corrected chi connectivity index (χ0v) is 16.8. The Kier molecular flexibility index (Phi) is 6.84. The first-order valence-corrected chi connectivity index (χ1v) is 10.5. The quantitative estimate of drug-likeness (QED) is 0.653. The van der Waals surface area contributed by atoms with Gasteiger partial charge in [-0.3, -0.25) is 4.21 Å². The van der Waals surface area contributed by atoms with Gasteiger partial charge in [0, 0.05) is 4.90 Å². The third-order valence-electron chi connectivity index (χ3n) is 4.02. The van der Waals surface area contributed by atoms with Gasteiger partial charge in [0.2, 0.25) is 0 Å². The molecule has 23 heavy (non-hydrogen) atoms. The molecule has 0 aromatic heterocycles. The fraction of sp³-hybridized carbons (Fsp3) is 0.667. The van der Waals surface area contributed by atoms with E-state index in [-0.39, 0.29) is 17.0 Å². The van der Waals surface area contributed by atoms with Crippen molar-refractivity contribution in [2.45, 2.75) is 74.7 Å². The van der Waals surface area contributed by atoms with Gasteiger partial charge in [-0.1, -0.05) is 53.4 Å². The molecule has 5 heteroatoms. The number of hydrogen-bond donors (Lipinski definition) is 0. The van der Waals surface area contributed by atoms with Crippen LogP contribution in [0.3, 0.4) is 0 Å². The molecule has 0 aliphatic carbocycles. The number of rotatable bonds is 6. The molecule has 0 saturated carbocycles. The molecule has 4 atom stereocenters. The maximum Gasteiger partial charge on any atom is 0.163 e. The molecule has 1 aromatic rings. The number of unbranched alkanes of at least 4 members (excludes halogenated alkanes) is 1. The Balaban J connectivity index is 2.07. The lowest BCUT2D eigenvalue weighted by Crippen LogP contribution is -2.53. The second-order valence-electron chi connectivity index (χ2n) is 6.62. The Morgan fingerprint density at radius 1 is 1.17 bits per heavy atom. The van der Waals surface area contributed by atoms with Gasteiger partial charge in [0.25, 0.3) is 0 Å². The maximum atomic E-state index is 12.7. The summed E-state index contributed by atoms with van der Waals surface area (Å²) in [5, 5.41) is 0. The van der Waals surface area contributed by atoms with Crippen LogP contribution in [0.4, 0.5) is 0 Å². The van der Waals surface area contributed by atoms with Crippen molar-refractivity contribution in [1.29, 1.82) is 0 Å². The van der Waals surface area contributed by atoms with Gasteiger partial charge in [-0.15, -0.1) is 0 Å². The molecule has 0 spiro atoms. The van der Waals surface area contributed by atoms with Gasteiger partial charge in [0.15, 0.2) is 5.79 Å². The van der Waals surface area contributed by atoms with Gasteiger partial charge in [-0.05, 0) is 39.3 Å². The van der Waals surface area contributed by atoms with Crippen molar-refractivity contribution in [2.75, 3.05) is 5.75 Å². The van der Waals surface area contributed by atoms with Crippen LogP contribution in [-0.4, -0.2) is 32.8 Å². The van der Waals surface area contributed by atoms with Crippen LogP contribution < -0.4 is 0 Å². The molecule has 1 fully saturated rings. The van der Waals surface area contributed by atoms with E-state index >= 15 is 0 Å². The summed E-state index contributed by atoms with van der Waals surface area (Å²) in [5.74, 6) is -0.154. The van der Waals surface area contributed by atoms with E-state index in [9.17, 15) is 4.21 Å². The van der Waals surface area contributed by atoms with Crippen LogP contribution in [0.25, 0.3) is 0 Å². The summed E-state index contributed by atoms with van der Waals surface area (Å²) in [6.45, 7) is 8.08. The summed E-state index contributed by atoms with van der Waals surface area (Å²) in [6.07, 6.45) is 3.23. The molecule has 1 aliphatic heterocycles. The molecule has 130 valence electrons. The van der Waals surface area contributed by atoms with Crippen molar-refractivity contribution in [3.05, 3.63) is 29.8 Å². The molecule has 1 saturated heterocycles. The lowest BCUT2D eigenvalue weighted by atomic mass is 10.0. The molecule has 0 N–H and O–H groups in total.